The Kier molecular flexibility index (Phi) is 4.82. The maximum Gasteiger partial charge on any atom is 0.255 e. The number of sulfonamides is 1. The topological polar surface area (TPSA) is 80.5 Å². The minimum atomic E-state index is -3.95. The third kappa shape index (κ3) is 3.69. The van der Waals surface area contributed by atoms with Crippen LogP contribution >= 0.6 is 23.2 Å². The molecule has 0 bridgehead atoms. The van der Waals surface area contributed by atoms with Crippen LogP contribution in [0.15, 0.2) is 17.0 Å². The van der Waals surface area contributed by atoms with Crippen LogP contribution in [0.5, 0.6) is 0 Å². The van der Waals surface area contributed by atoms with Crippen molar-refractivity contribution >= 4 is 39.1 Å². The van der Waals surface area contributed by atoms with Gasteiger partial charge < -0.3 is 4.90 Å². The van der Waals surface area contributed by atoms with Crippen molar-refractivity contribution < 1.29 is 13.2 Å². The van der Waals surface area contributed by atoms with Crippen LogP contribution in [0, 0.1) is 0 Å². The molecule has 5 nitrogen and oxygen atoms in total. The van der Waals surface area contributed by atoms with Crippen molar-refractivity contribution in [3.63, 3.8) is 0 Å². The van der Waals surface area contributed by atoms with E-state index in [0.717, 1.165) is 25.3 Å². The van der Waals surface area contributed by atoms with Crippen LogP contribution in [0.25, 0.3) is 0 Å². The van der Waals surface area contributed by atoms with Gasteiger partial charge in [0.05, 0.1) is 20.5 Å². The molecule has 8 heteroatoms. The van der Waals surface area contributed by atoms with Gasteiger partial charge in [0, 0.05) is 12.6 Å². The highest BCUT2D eigenvalue weighted by molar-refractivity contribution is 7.89. The lowest BCUT2D eigenvalue weighted by Gasteiger charge is -2.22. The van der Waals surface area contributed by atoms with E-state index in [4.69, 9.17) is 28.3 Å². The van der Waals surface area contributed by atoms with Gasteiger partial charge in [0.2, 0.25) is 10.0 Å². The molecule has 2 N–H and O–H groups in total. The number of nitrogens with zero attached hydrogens (tertiary/aromatic N) is 1. The number of halogens is 2. The molecular formula is C13H16Cl2N2O3S. The molecule has 116 valence electrons. The smallest absolute Gasteiger partial charge is 0.255 e. The predicted octanol–water partition coefficient (Wildman–Crippen LogP) is 2.66. The minimum Gasteiger partial charge on any atom is -0.336 e. The van der Waals surface area contributed by atoms with Crippen molar-refractivity contribution in [2.45, 2.75) is 37.1 Å². The molecule has 0 aliphatic heterocycles. The highest BCUT2D eigenvalue weighted by atomic mass is 35.5. The summed E-state index contributed by atoms with van der Waals surface area (Å²) < 4.78 is 22.9. The summed E-state index contributed by atoms with van der Waals surface area (Å²) in [5, 5.41) is 5.15. The fourth-order valence-corrected chi connectivity index (χ4v) is 3.15. The Hall–Kier alpha value is -0.820. The number of carbonyl (C=O) groups excluding carboxylic acids is 1. The van der Waals surface area contributed by atoms with E-state index in [-0.39, 0.29) is 32.5 Å². The predicted molar refractivity (Wildman–Crippen MR) is 82.2 cm³/mol. The standard InChI is InChI=1S/C13H16Cl2N2O3S/c1-2-5-17(8-3-4-8)13(18)10-6-9(21(16,19)20)7-11(14)12(10)15/h6-8H,2-5H2,1H3,(H2,16,19,20). The Bertz CT molecular complexity index is 672. The summed E-state index contributed by atoms with van der Waals surface area (Å²) in [6.45, 7) is 2.56. The van der Waals surface area contributed by atoms with Crippen LogP contribution in [0.3, 0.4) is 0 Å². The number of benzene rings is 1. The molecule has 0 spiro atoms. The van der Waals surface area contributed by atoms with Gasteiger partial charge in [0.15, 0.2) is 0 Å². The van der Waals surface area contributed by atoms with Crippen molar-refractivity contribution in [2.75, 3.05) is 6.54 Å². The third-order valence-electron chi connectivity index (χ3n) is 3.27. The van der Waals surface area contributed by atoms with E-state index in [1.807, 2.05) is 6.92 Å². The second kappa shape index (κ2) is 6.12. The van der Waals surface area contributed by atoms with E-state index in [1.54, 1.807) is 4.90 Å². The summed E-state index contributed by atoms with van der Waals surface area (Å²) in [6, 6.07) is 2.54. The Balaban J connectivity index is 2.46. The molecule has 21 heavy (non-hydrogen) atoms. The fourth-order valence-electron chi connectivity index (χ4n) is 2.12. The highest BCUT2D eigenvalue weighted by Crippen LogP contribution is 2.33. The lowest BCUT2D eigenvalue weighted by Crippen LogP contribution is -2.34. The first kappa shape index (κ1) is 16.5. The van der Waals surface area contributed by atoms with Crippen LogP contribution < -0.4 is 5.14 Å². The summed E-state index contributed by atoms with van der Waals surface area (Å²) in [4.78, 5) is 14.1. The molecule has 0 atom stereocenters. The minimum absolute atomic E-state index is 0.00112. The van der Waals surface area contributed by atoms with E-state index >= 15 is 0 Å². The Morgan fingerprint density at radius 3 is 2.48 bits per heavy atom. The molecule has 1 aromatic carbocycles. The highest BCUT2D eigenvalue weighted by Gasteiger charge is 2.34. The largest absolute Gasteiger partial charge is 0.336 e. The van der Waals surface area contributed by atoms with Gasteiger partial charge >= 0.3 is 0 Å². The quantitative estimate of drug-likeness (QED) is 0.886. The summed E-state index contributed by atoms with van der Waals surface area (Å²) in [6.07, 6.45) is 2.71. The van der Waals surface area contributed by atoms with Crippen LogP contribution in [0.2, 0.25) is 10.0 Å². The molecule has 1 amide bonds. The van der Waals surface area contributed by atoms with Crippen LogP contribution in [0.1, 0.15) is 36.5 Å². The first-order valence-electron chi connectivity index (χ1n) is 6.58. The molecule has 0 heterocycles. The van der Waals surface area contributed by atoms with E-state index in [2.05, 4.69) is 0 Å². The maximum atomic E-state index is 12.6. The Morgan fingerprint density at radius 1 is 1.38 bits per heavy atom. The Morgan fingerprint density at radius 2 is 2.00 bits per heavy atom. The first-order valence-corrected chi connectivity index (χ1v) is 8.88. The van der Waals surface area contributed by atoms with Gasteiger partial charge in [-0.05, 0) is 31.4 Å². The van der Waals surface area contributed by atoms with Crippen LogP contribution in [0.4, 0.5) is 0 Å². The van der Waals surface area contributed by atoms with Gasteiger partial charge in [-0.15, -0.1) is 0 Å². The van der Waals surface area contributed by atoms with E-state index in [9.17, 15) is 13.2 Å². The van der Waals surface area contributed by atoms with Gasteiger partial charge in [-0.25, -0.2) is 13.6 Å². The molecular weight excluding hydrogens is 335 g/mol. The number of hydrogen-bond donors (Lipinski definition) is 1. The summed E-state index contributed by atoms with van der Waals surface area (Å²) in [7, 11) is -3.95. The second-order valence-corrected chi connectivity index (χ2v) is 7.39. The number of primary sulfonamides is 1. The van der Waals surface area contributed by atoms with Gasteiger partial charge in [-0.1, -0.05) is 30.1 Å². The molecule has 1 aliphatic rings. The zero-order valence-corrected chi connectivity index (χ0v) is 13.8. The average molecular weight is 351 g/mol. The summed E-state index contributed by atoms with van der Waals surface area (Å²) in [5.41, 5.74) is 0.0774. The van der Waals surface area contributed by atoms with Crippen LogP contribution in [-0.2, 0) is 10.0 Å². The lowest BCUT2D eigenvalue weighted by molar-refractivity contribution is 0.0743. The fraction of sp³-hybridized carbons (Fsp3) is 0.462. The molecule has 0 aromatic heterocycles. The molecule has 1 saturated carbocycles. The number of carbonyl (C=O) groups is 1. The molecule has 1 aromatic rings. The molecule has 0 saturated heterocycles. The summed E-state index contributed by atoms with van der Waals surface area (Å²) >= 11 is 12.0. The van der Waals surface area contributed by atoms with Crippen molar-refractivity contribution in [2.24, 2.45) is 5.14 Å². The molecule has 1 aliphatic carbocycles. The molecule has 0 unspecified atom stereocenters. The molecule has 0 radical (unpaired) electrons. The van der Waals surface area contributed by atoms with E-state index in [1.165, 1.54) is 6.07 Å². The average Bonchev–Trinajstić information content (AvgIpc) is 3.21. The summed E-state index contributed by atoms with van der Waals surface area (Å²) in [5.74, 6) is -0.309. The third-order valence-corrected chi connectivity index (χ3v) is 4.97. The van der Waals surface area contributed by atoms with E-state index < -0.39 is 10.0 Å². The van der Waals surface area contributed by atoms with Crippen molar-refractivity contribution in [3.05, 3.63) is 27.7 Å². The first-order chi connectivity index (χ1) is 9.75. The molecule has 1 fully saturated rings. The number of nitrogens with two attached hydrogens (primary N) is 1. The van der Waals surface area contributed by atoms with Crippen LogP contribution in [-0.4, -0.2) is 31.8 Å². The lowest BCUT2D eigenvalue weighted by atomic mass is 10.2. The van der Waals surface area contributed by atoms with Gasteiger partial charge in [-0.2, -0.15) is 0 Å². The SMILES string of the molecule is CCCN(C(=O)c1cc(S(N)(=O)=O)cc(Cl)c1Cl)C1CC1. The van der Waals surface area contributed by atoms with Gasteiger partial charge in [0.25, 0.3) is 5.91 Å². The number of hydrogen-bond acceptors (Lipinski definition) is 3. The van der Waals surface area contributed by atoms with Crippen molar-refractivity contribution in [3.8, 4) is 0 Å². The second-order valence-electron chi connectivity index (χ2n) is 5.04. The maximum absolute atomic E-state index is 12.6. The zero-order valence-electron chi connectivity index (χ0n) is 11.5. The van der Waals surface area contributed by atoms with Crippen molar-refractivity contribution in [1.29, 1.82) is 0 Å². The zero-order chi connectivity index (χ0) is 15.8. The monoisotopic (exact) mass is 350 g/mol. The van der Waals surface area contributed by atoms with E-state index in [0.29, 0.717) is 6.54 Å². The van der Waals surface area contributed by atoms with Crippen molar-refractivity contribution in [1.82, 2.24) is 4.90 Å². The number of amides is 1. The van der Waals surface area contributed by atoms with Gasteiger partial charge in [0.1, 0.15) is 0 Å². The number of rotatable bonds is 5. The normalized spacial score (nSPS) is 15.0. The van der Waals surface area contributed by atoms with Gasteiger partial charge in [-0.3, -0.25) is 4.79 Å². The Labute approximate surface area is 134 Å². The molecule has 2 rings (SSSR count).